The molecule has 1 atom stereocenters. The van der Waals surface area contributed by atoms with Crippen LogP contribution >= 0.6 is 11.6 Å². The summed E-state index contributed by atoms with van der Waals surface area (Å²) in [5, 5.41) is 12.9. The number of halogens is 1. The fourth-order valence-corrected chi connectivity index (χ4v) is 2.19. The van der Waals surface area contributed by atoms with Crippen LogP contribution in [0.3, 0.4) is 0 Å². The molecule has 0 aromatic heterocycles. The third kappa shape index (κ3) is 1.47. The highest BCUT2D eigenvalue weighted by Crippen LogP contribution is 2.38. The van der Waals surface area contributed by atoms with Gasteiger partial charge in [0, 0.05) is 17.1 Å². The minimum Gasteiger partial charge on any atom is -0.479 e. The normalized spacial score (nSPS) is 23.3. The van der Waals surface area contributed by atoms with Gasteiger partial charge in [0.15, 0.2) is 0 Å². The Hall–Kier alpha value is -1.22. The van der Waals surface area contributed by atoms with E-state index in [1.807, 2.05) is 19.1 Å². The highest BCUT2D eigenvalue weighted by Gasteiger charge is 2.42. The first-order chi connectivity index (χ1) is 7.09. The molecule has 1 heterocycles. The third-order valence-electron chi connectivity index (χ3n) is 2.98. The number of hydrogen-bond donors (Lipinski definition) is 2. The van der Waals surface area contributed by atoms with Crippen molar-refractivity contribution in [2.45, 2.75) is 25.3 Å². The number of fused-ring (bicyclic) bond motifs is 1. The van der Waals surface area contributed by atoms with Crippen LogP contribution in [0.2, 0.25) is 5.02 Å². The van der Waals surface area contributed by atoms with Gasteiger partial charge in [0.1, 0.15) is 5.54 Å². The first-order valence-electron chi connectivity index (χ1n) is 4.88. The summed E-state index contributed by atoms with van der Waals surface area (Å²) in [5.41, 5.74) is 0.864. The number of benzene rings is 1. The molecule has 0 bridgehead atoms. The summed E-state index contributed by atoms with van der Waals surface area (Å²) in [6.07, 6.45) is 0.987. The van der Waals surface area contributed by atoms with Gasteiger partial charge in [-0.25, -0.2) is 4.79 Å². The molecule has 0 saturated carbocycles. The lowest BCUT2D eigenvalue weighted by molar-refractivity contribution is -0.142. The molecule has 2 rings (SSSR count). The molecule has 1 aliphatic rings. The number of carboxylic acid groups (broad SMARTS) is 1. The summed E-state index contributed by atoms with van der Waals surface area (Å²) in [7, 11) is 0. The molecule has 0 saturated heterocycles. The number of nitrogens with one attached hydrogen (secondary N) is 1. The van der Waals surface area contributed by atoms with Crippen molar-refractivity contribution in [3.8, 4) is 0 Å². The van der Waals surface area contributed by atoms with Crippen molar-refractivity contribution in [3.63, 3.8) is 0 Å². The van der Waals surface area contributed by atoms with Crippen LogP contribution in [0.25, 0.3) is 0 Å². The predicted octanol–water partition coefficient (Wildman–Crippen LogP) is 2.54. The zero-order valence-corrected chi connectivity index (χ0v) is 9.14. The second-order valence-corrected chi connectivity index (χ2v) is 4.22. The van der Waals surface area contributed by atoms with E-state index in [2.05, 4.69) is 5.32 Å². The van der Waals surface area contributed by atoms with E-state index in [-0.39, 0.29) is 0 Å². The molecule has 1 aliphatic heterocycles. The number of carboxylic acids is 1. The molecule has 0 amide bonds. The van der Waals surface area contributed by atoms with E-state index in [4.69, 9.17) is 11.6 Å². The van der Waals surface area contributed by atoms with Gasteiger partial charge in [-0.15, -0.1) is 0 Å². The summed E-state index contributed by atoms with van der Waals surface area (Å²) in [5.74, 6) is -0.822. The Labute approximate surface area is 93.1 Å². The lowest BCUT2D eigenvalue weighted by Gasteiger charge is -2.23. The van der Waals surface area contributed by atoms with Gasteiger partial charge in [-0.2, -0.15) is 0 Å². The van der Waals surface area contributed by atoms with Gasteiger partial charge in [0.2, 0.25) is 0 Å². The number of aliphatic carboxylic acids is 1. The molecular formula is C11H12ClNO2. The smallest absolute Gasteiger partial charge is 0.329 e. The van der Waals surface area contributed by atoms with Gasteiger partial charge in [0.25, 0.3) is 0 Å². The number of hydrogen-bond acceptors (Lipinski definition) is 2. The highest BCUT2D eigenvalue weighted by atomic mass is 35.5. The third-order valence-corrected chi connectivity index (χ3v) is 3.34. The molecule has 0 radical (unpaired) electrons. The minimum absolute atomic E-state index is 0.452. The van der Waals surface area contributed by atoms with Gasteiger partial charge in [0.05, 0.1) is 0 Å². The summed E-state index contributed by atoms with van der Waals surface area (Å²) in [6.45, 7) is 1.86. The average Bonchev–Trinajstić information content (AvgIpc) is 2.59. The molecule has 1 aromatic carbocycles. The SMILES string of the molecule is CCC1(C(=O)O)Cc2c(Cl)cccc2N1. The van der Waals surface area contributed by atoms with E-state index in [1.165, 1.54) is 0 Å². The summed E-state index contributed by atoms with van der Waals surface area (Å²) in [6, 6.07) is 5.47. The van der Waals surface area contributed by atoms with Gasteiger partial charge in [-0.05, 0) is 24.1 Å². The zero-order chi connectivity index (χ0) is 11.1. The Morgan fingerprint density at radius 1 is 1.67 bits per heavy atom. The molecule has 1 unspecified atom stereocenters. The monoisotopic (exact) mass is 225 g/mol. The van der Waals surface area contributed by atoms with E-state index in [0.29, 0.717) is 17.9 Å². The molecule has 0 fully saturated rings. The fourth-order valence-electron chi connectivity index (χ4n) is 1.95. The fraction of sp³-hybridized carbons (Fsp3) is 0.364. The topological polar surface area (TPSA) is 49.3 Å². The van der Waals surface area contributed by atoms with E-state index >= 15 is 0 Å². The van der Waals surface area contributed by atoms with E-state index in [1.54, 1.807) is 6.07 Å². The Kier molecular flexibility index (Phi) is 2.35. The Morgan fingerprint density at radius 3 is 2.93 bits per heavy atom. The van der Waals surface area contributed by atoms with Crippen molar-refractivity contribution in [3.05, 3.63) is 28.8 Å². The molecule has 3 nitrogen and oxygen atoms in total. The van der Waals surface area contributed by atoms with Crippen LogP contribution in [0.4, 0.5) is 5.69 Å². The second-order valence-electron chi connectivity index (χ2n) is 3.81. The van der Waals surface area contributed by atoms with Crippen LogP contribution < -0.4 is 5.32 Å². The molecule has 1 aromatic rings. The highest BCUT2D eigenvalue weighted by molar-refractivity contribution is 6.32. The number of rotatable bonds is 2. The maximum absolute atomic E-state index is 11.2. The van der Waals surface area contributed by atoms with E-state index in [9.17, 15) is 9.90 Å². The molecule has 0 aliphatic carbocycles. The number of anilines is 1. The van der Waals surface area contributed by atoms with Crippen LogP contribution in [0, 0.1) is 0 Å². The largest absolute Gasteiger partial charge is 0.479 e. The van der Waals surface area contributed by atoms with Crippen molar-refractivity contribution in [2.24, 2.45) is 0 Å². The summed E-state index contributed by atoms with van der Waals surface area (Å²) >= 11 is 6.03. The van der Waals surface area contributed by atoms with Gasteiger partial charge < -0.3 is 10.4 Å². The lowest BCUT2D eigenvalue weighted by Crippen LogP contribution is -2.44. The molecule has 80 valence electrons. The van der Waals surface area contributed by atoms with Crippen LogP contribution in [-0.2, 0) is 11.2 Å². The molecule has 15 heavy (non-hydrogen) atoms. The Bertz CT molecular complexity index is 419. The van der Waals surface area contributed by atoms with Crippen molar-refractivity contribution < 1.29 is 9.90 Å². The Balaban J connectivity index is 2.44. The zero-order valence-electron chi connectivity index (χ0n) is 8.38. The van der Waals surface area contributed by atoms with Crippen molar-refractivity contribution >= 4 is 23.3 Å². The van der Waals surface area contributed by atoms with E-state index in [0.717, 1.165) is 11.3 Å². The lowest BCUT2D eigenvalue weighted by atomic mass is 9.92. The maximum atomic E-state index is 11.2. The van der Waals surface area contributed by atoms with Crippen LogP contribution in [0.1, 0.15) is 18.9 Å². The quantitative estimate of drug-likeness (QED) is 0.813. The molecular weight excluding hydrogens is 214 g/mol. The van der Waals surface area contributed by atoms with Crippen molar-refractivity contribution in [2.75, 3.05) is 5.32 Å². The second kappa shape index (κ2) is 3.42. The minimum atomic E-state index is -0.882. The number of carbonyl (C=O) groups is 1. The Morgan fingerprint density at radius 2 is 2.40 bits per heavy atom. The van der Waals surface area contributed by atoms with Gasteiger partial charge in [-0.3, -0.25) is 0 Å². The summed E-state index contributed by atoms with van der Waals surface area (Å²) in [4.78, 5) is 11.2. The van der Waals surface area contributed by atoms with Crippen LogP contribution in [0.5, 0.6) is 0 Å². The van der Waals surface area contributed by atoms with Gasteiger partial charge in [-0.1, -0.05) is 24.6 Å². The maximum Gasteiger partial charge on any atom is 0.329 e. The molecule has 0 spiro atoms. The standard InChI is InChI=1S/C11H12ClNO2/c1-2-11(10(14)15)6-7-8(12)4-3-5-9(7)13-11/h3-5,13H,2,6H2,1H3,(H,14,15). The summed E-state index contributed by atoms with van der Waals surface area (Å²) < 4.78 is 0. The first-order valence-corrected chi connectivity index (χ1v) is 5.26. The average molecular weight is 226 g/mol. The predicted molar refractivity (Wildman–Crippen MR) is 59.4 cm³/mol. The van der Waals surface area contributed by atoms with Crippen LogP contribution in [0.15, 0.2) is 18.2 Å². The van der Waals surface area contributed by atoms with Gasteiger partial charge >= 0.3 is 5.97 Å². The van der Waals surface area contributed by atoms with Crippen molar-refractivity contribution in [1.29, 1.82) is 0 Å². The first kappa shape index (κ1) is 10.3. The van der Waals surface area contributed by atoms with Crippen LogP contribution in [-0.4, -0.2) is 16.6 Å². The molecule has 4 heteroatoms. The molecule has 2 N–H and O–H groups in total. The van der Waals surface area contributed by atoms with E-state index < -0.39 is 11.5 Å². The van der Waals surface area contributed by atoms with Crippen molar-refractivity contribution in [1.82, 2.24) is 0 Å².